The van der Waals surface area contributed by atoms with Gasteiger partial charge < -0.3 is 15.0 Å². The van der Waals surface area contributed by atoms with E-state index in [2.05, 4.69) is 5.32 Å². The number of methoxy groups -OCH3 is 1. The Hall–Kier alpha value is -2.98. The molecule has 0 aliphatic rings. The van der Waals surface area contributed by atoms with Crippen LogP contribution >= 0.6 is 34.8 Å². The molecule has 43 heavy (non-hydrogen) atoms. The highest BCUT2D eigenvalue weighted by molar-refractivity contribution is 7.92. The van der Waals surface area contributed by atoms with Crippen LogP contribution in [0.5, 0.6) is 5.75 Å². The average Bonchev–Trinajstić information content (AvgIpc) is 2.96. The second-order valence-corrected chi connectivity index (χ2v) is 13.2. The maximum absolute atomic E-state index is 13.9. The molecule has 0 aliphatic carbocycles. The Morgan fingerprint density at radius 1 is 0.977 bits per heavy atom. The lowest BCUT2D eigenvalue weighted by Gasteiger charge is -2.32. The van der Waals surface area contributed by atoms with Gasteiger partial charge in [-0.15, -0.1) is 0 Å². The fourth-order valence-electron chi connectivity index (χ4n) is 4.57. The van der Waals surface area contributed by atoms with E-state index < -0.39 is 16.1 Å². The van der Waals surface area contributed by atoms with Crippen LogP contribution < -0.4 is 14.4 Å². The maximum Gasteiger partial charge on any atom is 0.243 e. The van der Waals surface area contributed by atoms with Crippen LogP contribution in [-0.2, 0) is 32.6 Å². The molecular weight excluding hydrogens is 633 g/mol. The quantitative estimate of drug-likeness (QED) is 0.203. The van der Waals surface area contributed by atoms with E-state index in [4.69, 9.17) is 39.5 Å². The van der Waals surface area contributed by atoms with Crippen molar-refractivity contribution in [3.05, 3.63) is 92.9 Å². The molecule has 232 valence electrons. The van der Waals surface area contributed by atoms with Crippen LogP contribution in [0.1, 0.15) is 37.3 Å². The molecule has 0 radical (unpaired) electrons. The molecule has 2 amide bonds. The summed E-state index contributed by atoms with van der Waals surface area (Å²) in [6.07, 6.45) is 2.28. The Morgan fingerprint density at radius 3 is 2.30 bits per heavy atom. The monoisotopic (exact) mass is 667 g/mol. The summed E-state index contributed by atoms with van der Waals surface area (Å²) in [5.41, 5.74) is 1.87. The molecule has 1 N–H and O–H groups in total. The molecule has 0 aliphatic heterocycles. The van der Waals surface area contributed by atoms with Gasteiger partial charge in [-0.3, -0.25) is 13.9 Å². The molecule has 0 unspecified atom stereocenters. The summed E-state index contributed by atoms with van der Waals surface area (Å²) in [6, 6.07) is 18.3. The number of ether oxygens (including phenoxy) is 1. The summed E-state index contributed by atoms with van der Waals surface area (Å²) in [5.74, 6) is -0.189. The number of hydrogen-bond donors (Lipinski definition) is 1. The number of anilines is 1. The molecule has 0 spiro atoms. The fraction of sp³-hybridized carbons (Fsp3) is 0.355. The van der Waals surface area contributed by atoms with E-state index in [-0.39, 0.29) is 49.2 Å². The zero-order valence-corrected chi connectivity index (χ0v) is 27.4. The van der Waals surface area contributed by atoms with Crippen molar-refractivity contribution in [3.8, 4) is 5.75 Å². The van der Waals surface area contributed by atoms with Crippen LogP contribution in [0.2, 0.25) is 15.1 Å². The molecule has 0 saturated carbocycles. The highest BCUT2D eigenvalue weighted by Gasteiger charge is 2.31. The van der Waals surface area contributed by atoms with Gasteiger partial charge in [-0.25, -0.2) is 8.42 Å². The van der Waals surface area contributed by atoms with E-state index in [1.165, 1.54) is 22.4 Å². The lowest BCUT2D eigenvalue weighted by Crippen LogP contribution is -2.50. The molecule has 0 saturated heterocycles. The first kappa shape index (κ1) is 34.5. The minimum atomic E-state index is -3.70. The number of amides is 2. The summed E-state index contributed by atoms with van der Waals surface area (Å²) < 4.78 is 31.8. The Kier molecular flexibility index (Phi) is 13.0. The number of hydrogen-bond acceptors (Lipinski definition) is 5. The van der Waals surface area contributed by atoms with Gasteiger partial charge in [0.25, 0.3) is 0 Å². The van der Waals surface area contributed by atoms with E-state index in [9.17, 15) is 18.0 Å². The molecule has 0 aromatic heterocycles. The van der Waals surface area contributed by atoms with Crippen molar-refractivity contribution in [3.63, 3.8) is 0 Å². The van der Waals surface area contributed by atoms with E-state index in [0.717, 1.165) is 18.2 Å². The first-order valence-corrected chi connectivity index (χ1v) is 16.8. The summed E-state index contributed by atoms with van der Waals surface area (Å²) in [4.78, 5) is 28.9. The standard InChI is InChI=1S/C31H36Cl3N3O5S/c1-4-16-35-31(39)28(18-22-9-6-5-7-10-22)36(21-23-12-13-24(32)19-26(23)33)30(38)11-8-17-37(43(3,40)41)25-14-15-29(42-2)27(34)20-25/h5-7,9-10,12-15,19-20,28H,4,8,11,16-18,21H2,1-3H3,(H,35,39)/t28-/m0/s1. The van der Waals surface area contributed by atoms with Crippen LogP contribution in [0.3, 0.4) is 0 Å². The normalized spacial score (nSPS) is 12.0. The smallest absolute Gasteiger partial charge is 0.243 e. The largest absolute Gasteiger partial charge is 0.495 e. The Bertz CT molecular complexity index is 1510. The molecule has 3 aromatic rings. The predicted octanol–water partition coefficient (Wildman–Crippen LogP) is 6.37. The first-order valence-electron chi connectivity index (χ1n) is 13.8. The minimum Gasteiger partial charge on any atom is -0.495 e. The lowest BCUT2D eigenvalue weighted by molar-refractivity contribution is -0.141. The molecule has 3 rings (SSSR count). The van der Waals surface area contributed by atoms with Gasteiger partial charge in [0.15, 0.2) is 0 Å². The maximum atomic E-state index is 13.9. The van der Waals surface area contributed by atoms with Gasteiger partial charge in [0, 0.05) is 42.5 Å². The summed E-state index contributed by atoms with van der Waals surface area (Å²) in [5, 5.41) is 4.02. The number of halogens is 3. The zero-order chi connectivity index (χ0) is 31.6. The summed E-state index contributed by atoms with van der Waals surface area (Å²) in [6.45, 7) is 2.50. The van der Waals surface area contributed by atoms with Gasteiger partial charge in [-0.05, 0) is 54.3 Å². The molecule has 0 heterocycles. The average molecular weight is 669 g/mol. The van der Waals surface area contributed by atoms with Crippen LogP contribution in [0.15, 0.2) is 66.7 Å². The van der Waals surface area contributed by atoms with Gasteiger partial charge in [0.05, 0.1) is 24.1 Å². The van der Waals surface area contributed by atoms with Crippen molar-refractivity contribution in [2.75, 3.05) is 30.8 Å². The second kappa shape index (κ2) is 16.2. The fourth-order valence-corrected chi connectivity index (χ4v) is 6.25. The van der Waals surface area contributed by atoms with Gasteiger partial charge in [-0.2, -0.15) is 0 Å². The first-order chi connectivity index (χ1) is 20.4. The highest BCUT2D eigenvalue weighted by atomic mass is 35.5. The molecule has 0 fully saturated rings. The third-order valence-corrected chi connectivity index (χ3v) is 8.83. The molecule has 12 heteroatoms. The molecule has 8 nitrogen and oxygen atoms in total. The van der Waals surface area contributed by atoms with Crippen molar-refractivity contribution in [2.45, 2.75) is 45.2 Å². The highest BCUT2D eigenvalue weighted by Crippen LogP contribution is 2.30. The number of benzene rings is 3. The van der Waals surface area contributed by atoms with Gasteiger partial charge in [0.2, 0.25) is 21.8 Å². The van der Waals surface area contributed by atoms with Gasteiger partial charge >= 0.3 is 0 Å². The number of nitrogens with one attached hydrogen (secondary N) is 1. The molecule has 0 bridgehead atoms. The minimum absolute atomic E-state index is 0.0204. The number of carbonyl (C=O) groups is 2. The Balaban J connectivity index is 1.90. The number of carbonyl (C=O) groups excluding carboxylic acids is 2. The third-order valence-electron chi connectivity index (χ3n) is 6.75. The third kappa shape index (κ3) is 10.0. The Morgan fingerprint density at radius 2 is 1.70 bits per heavy atom. The molecule has 3 aromatic carbocycles. The van der Waals surface area contributed by atoms with Crippen molar-refractivity contribution >= 4 is 62.3 Å². The predicted molar refractivity (Wildman–Crippen MR) is 174 cm³/mol. The van der Waals surface area contributed by atoms with Crippen molar-refractivity contribution in [2.24, 2.45) is 0 Å². The van der Waals surface area contributed by atoms with Crippen LogP contribution in [0.4, 0.5) is 5.69 Å². The number of rotatable bonds is 15. The van der Waals surface area contributed by atoms with Crippen LogP contribution in [0, 0.1) is 0 Å². The topological polar surface area (TPSA) is 96.0 Å². The van der Waals surface area contributed by atoms with Crippen molar-refractivity contribution in [1.29, 1.82) is 0 Å². The van der Waals surface area contributed by atoms with Crippen LogP contribution in [-0.4, -0.2) is 57.6 Å². The van der Waals surface area contributed by atoms with E-state index in [0.29, 0.717) is 33.6 Å². The van der Waals surface area contributed by atoms with Gasteiger partial charge in [0.1, 0.15) is 11.8 Å². The second-order valence-electron chi connectivity index (χ2n) is 10.0. The van der Waals surface area contributed by atoms with E-state index >= 15 is 0 Å². The van der Waals surface area contributed by atoms with Crippen LogP contribution in [0.25, 0.3) is 0 Å². The van der Waals surface area contributed by atoms with E-state index in [1.807, 2.05) is 37.3 Å². The Labute approximate surface area is 268 Å². The van der Waals surface area contributed by atoms with E-state index in [1.54, 1.807) is 30.3 Å². The van der Waals surface area contributed by atoms with Crippen molar-refractivity contribution in [1.82, 2.24) is 10.2 Å². The number of sulfonamides is 1. The van der Waals surface area contributed by atoms with Crippen molar-refractivity contribution < 1.29 is 22.7 Å². The zero-order valence-electron chi connectivity index (χ0n) is 24.4. The molecule has 1 atom stereocenters. The van der Waals surface area contributed by atoms with Gasteiger partial charge in [-0.1, -0.05) is 78.1 Å². The SMILES string of the molecule is CCCNC(=O)[C@H](Cc1ccccc1)N(Cc1ccc(Cl)cc1Cl)C(=O)CCCN(c1ccc(OC)c(Cl)c1)S(C)(=O)=O. The lowest BCUT2D eigenvalue weighted by atomic mass is 10.0. The molecular formula is C31H36Cl3N3O5S. The summed E-state index contributed by atoms with van der Waals surface area (Å²) >= 11 is 18.8. The number of nitrogens with zero attached hydrogens (tertiary/aromatic N) is 2. The summed E-state index contributed by atoms with van der Waals surface area (Å²) in [7, 11) is -2.23.